The van der Waals surface area contributed by atoms with Crippen LogP contribution in [0.5, 0.6) is 0 Å². The largest absolute Gasteiger partial charge is 1.00 e. The molecule has 0 aromatic rings. The number of carbonyl (C=O) groups is 1. The molecule has 0 bridgehead atoms. The number of hydrogen-bond donors (Lipinski definition) is 0. The van der Waals surface area contributed by atoms with E-state index in [0.29, 0.717) is 0 Å². The van der Waals surface area contributed by atoms with Crippen LogP contribution in [0.4, 0.5) is 0 Å². The molecule has 0 aliphatic heterocycles. The van der Waals surface area contributed by atoms with Gasteiger partial charge in [0, 0.05) is 14.1 Å². The Morgan fingerprint density at radius 3 is 1.83 bits per heavy atom. The molecule has 32 valence electrons. The summed E-state index contributed by atoms with van der Waals surface area (Å²) >= 11 is 0. The van der Waals surface area contributed by atoms with Crippen molar-refractivity contribution in [2.45, 2.75) is 0 Å². The molecule has 0 saturated heterocycles. The van der Waals surface area contributed by atoms with Gasteiger partial charge in [-0.2, -0.15) is 0 Å². The summed E-state index contributed by atoms with van der Waals surface area (Å²) in [6, 6.07) is 0. The van der Waals surface area contributed by atoms with E-state index in [4.69, 9.17) is 0 Å². The van der Waals surface area contributed by atoms with Crippen LogP contribution in [0, 0.1) is 0 Å². The Balaban J connectivity index is -0.0000000800. The van der Waals surface area contributed by atoms with Crippen LogP contribution in [0.25, 0.3) is 0 Å². The third-order valence-electron chi connectivity index (χ3n) is 0.211. The predicted molar refractivity (Wildman–Crippen MR) is 20.9 cm³/mol. The van der Waals surface area contributed by atoms with Crippen molar-refractivity contribution in [3.8, 4) is 0 Å². The summed E-state index contributed by atoms with van der Waals surface area (Å²) in [6.07, 6.45) is 0.750. The van der Waals surface area contributed by atoms with Gasteiger partial charge in [0.25, 0.3) is 0 Å². The third-order valence-corrected chi connectivity index (χ3v) is 0.211. The SMILES string of the molecule is CN(C)C=O.[H-].[K+]. The van der Waals surface area contributed by atoms with Crippen molar-refractivity contribution in [3.05, 3.63) is 0 Å². The zero-order valence-corrected chi connectivity index (χ0v) is 7.56. The molecule has 0 spiro atoms. The van der Waals surface area contributed by atoms with E-state index in [1.54, 1.807) is 14.1 Å². The smallest absolute Gasteiger partial charge is 1.00 e. The van der Waals surface area contributed by atoms with Crippen LogP contribution in [0.2, 0.25) is 0 Å². The van der Waals surface area contributed by atoms with E-state index < -0.39 is 0 Å². The second kappa shape index (κ2) is 6.11. The average Bonchev–Trinajstić information content (AvgIpc) is 1.38. The molecule has 0 radical (unpaired) electrons. The van der Waals surface area contributed by atoms with E-state index >= 15 is 0 Å². The van der Waals surface area contributed by atoms with Crippen LogP contribution >= 0.6 is 0 Å². The summed E-state index contributed by atoms with van der Waals surface area (Å²) in [5, 5.41) is 0. The summed E-state index contributed by atoms with van der Waals surface area (Å²) in [7, 11) is 3.38. The maximum absolute atomic E-state index is 9.43. The molecule has 0 saturated carbocycles. The molecule has 3 heteroatoms. The Morgan fingerprint density at radius 2 is 1.83 bits per heavy atom. The molecule has 2 nitrogen and oxygen atoms in total. The van der Waals surface area contributed by atoms with Crippen molar-refractivity contribution in [3.63, 3.8) is 0 Å². The first-order valence-electron chi connectivity index (χ1n) is 1.39. The molecule has 0 aliphatic rings. The van der Waals surface area contributed by atoms with Crippen molar-refractivity contribution in [2.75, 3.05) is 14.1 Å². The fraction of sp³-hybridized carbons (Fsp3) is 0.667. The van der Waals surface area contributed by atoms with Crippen LogP contribution in [0.3, 0.4) is 0 Å². The van der Waals surface area contributed by atoms with Crippen LogP contribution in [-0.4, -0.2) is 25.4 Å². The number of hydrogen-bond acceptors (Lipinski definition) is 1. The number of rotatable bonds is 1. The Morgan fingerprint density at radius 1 is 1.67 bits per heavy atom. The Bertz CT molecular complexity index is 41.9. The fourth-order valence-corrected chi connectivity index (χ4v) is 0. The number of nitrogens with zero attached hydrogens (tertiary/aromatic N) is 1. The van der Waals surface area contributed by atoms with Crippen molar-refractivity contribution in [1.82, 2.24) is 4.90 Å². The number of carbonyl (C=O) groups excluding carboxylic acids is 1. The van der Waals surface area contributed by atoms with Crippen molar-refractivity contribution in [2.24, 2.45) is 0 Å². The molecule has 0 N–H and O–H groups in total. The van der Waals surface area contributed by atoms with Gasteiger partial charge in [0.2, 0.25) is 6.41 Å². The van der Waals surface area contributed by atoms with Crippen molar-refractivity contribution in [1.29, 1.82) is 0 Å². The van der Waals surface area contributed by atoms with Gasteiger partial charge in [-0.15, -0.1) is 0 Å². The van der Waals surface area contributed by atoms with Crippen LogP contribution in [0.15, 0.2) is 0 Å². The van der Waals surface area contributed by atoms with E-state index in [2.05, 4.69) is 0 Å². The summed E-state index contributed by atoms with van der Waals surface area (Å²) in [5.41, 5.74) is 0. The van der Waals surface area contributed by atoms with E-state index in [1.807, 2.05) is 0 Å². The van der Waals surface area contributed by atoms with Gasteiger partial charge in [-0.1, -0.05) is 0 Å². The zero-order chi connectivity index (χ0) is 4.28. The minimum absolute atomic E-state index is 0. The Kier molecular flexibility index (Phi) is 10.3. The topological polar surface area (TPSA) is 20.3 Å². The fourth-order valence-electron chi connectivity index (χ4n) is 0. The van der Waals surface area contributed by atoms with E-state index in [0.717, 1.165) is 6.41 Å². The minimum atomic E-state index is 0. The maximum Gasteiger partial charge on any atom is 1.00 e. The molecular formula is C3H8KNO. The molecule has 0 aliphatic carbocycles. The van der Waals surface area contributed by atoms with Gasteiger partial charge in [0.1, 0.15) is 0 Å². The molecule has 1 amide bonds. The Hall–Kier alpha value is 1.11. The molecule has 6 heavy (non-hydrogen) atoms. The first kappa shape index (κ1) is 10.2. The van der Waals surface area contributed by atoms with Gasteiger partial charge in [0.15, 0.2) is 0 Å². The van der Waals surface area contributed by atoms with E-state index in [9.17, 15) is 4.79 Å². The second-order valence-electron chi connectivity index (χ2n) is 1.07. The molecule has 0 rings (SSSR count). The minimum Gasteiger partial charge on any atom is -1.00 e. The normalized spacial score (nSPS) is 5.67. The first-order valence-corrected chi connectivity index (χ1v) is 1.39. The van der Waals surface area contributed by atoms with Crippen LogP contribution in [-0.2, 0) is 4.79 Å². The monoisotopic (exact) mass is 113 g/mol. The second-order valence-corrected chi connectivity index (χ2v) is 1.07. The van der Waals surface area contributed by atoms with Gasteiger partial charge >= 0.3 is 51.4 Å². The molecule has 0 aromatic heterocycles. The molecule has 0 atom stereocenters. The summed E-state index contributed by atoms with van der Waals surface area (Å²) in [6.45, 7) is 0. The first-order chi connectivity index (χ1) is 2.27. The molecular weight excluding hydrogens is 105 g/mol. The van der Waals surface area contributed by atoms with Gasteiger partial charge in [0.05, 0.1) is 0 Å². The summed E-state index contributed by atoms with van der Waals surface area (Å²) in [5.74, 6) is 0. The van der Waals surface area contributed by atoms with Gasteiger partial charge in [-0.3, -0.25) is 4.79 Å². The van der Waals surface area contributed by atoms with Gasteiger partial charge in [-0.25, -0.2) is 0 Å². The van der Waals surface area contributed by atoms with Crippen molar-refractivity contribution < 1.29 is 57.6 Å². The zero-order valence-electron chi connectivity index (χ0n) is 5.43. The van der Waals surface area contributed by atoms with Crippen LogP contribution < -0.4 is 51.4 Å². The van der Waals surface area contributed by atoms with Gasteiger partial charge in [-0.05, 0) is 0 Å². The average molecular weight is 113 g/mol. The Labute approximate surface area is 81.8 Å². The predicted octanol–water partition coefficient (Wildman–Crippen LogP) is -3.18. The molecule has 0 heterocycles. The molecule has 0 unspecified atom stereocenters. The quantitative estimate of drug-likeness (QED) is 0.259. The van der Waals surface area contributed by atoms with Gasteiger partial charge < -0.3 is 6.33 Å². The third kappa shape index (κ3) is 8.92. The summed E-state index contributed by atoms with van der Waals surface area (Å²) < 4.78 is 0. The summed E-state index contributed by atoms with van der Waals surface area (Å²) in [4.78, 5) is 10.9. The van der Waals surface area contributed by atoms with Crippen LogP contribution in [0.1, 0.15) is 1.43 Å². The standard InChI is InChI=1S/C3H7NO.K.H/c1-4(2)3-5;;/h3H,1-2H3;;/q;+1;-1. The molecule has 0 fully saturated rings. The number of amides is 1. The van der Waals surface area contributed by atoms with E-state index in [-0.39, 0.29) is 52.8 Å². The van der Waals surface area contributed by atoms with E-state index in [1.165, 1.54) is 4.90 Å². The maximum atomic E-state index is 9.43. The van der Waals surface area contributed by atoms with Crippen molar-refractivity contribution >= 4 is 6.41 Å². The molecule has 0 aromatic carbocycles.